The van der Waals surface area contributed by atoms with Crippen molar-refractivity contribution in [3.05, 3.63) is 59.1 Å². The van der Waals surface area contributed by atoms with Crippen LogP contribution in [0.1, 0.15) is 10.4 Å². The van der Waals surface area contributed by atoms with E-state index >= 15 is 0 Å². The molecule has 3 N–H and O–H groups in total. The van der Waals surface area contributed by atoms with Gasteiger partial charge in [0.05, 0.1) is 10.7 Å². The van der Waals surface area contributed by atoms with Crippen LogP contribution in [0.4, 0.5) is 0 Å². The van der Waals surface area contributed by atoms with Gasteiger partial charge in [0, 0.05) is 22.0 Å². The number of primary amides is 1. The number of carboxylic acid groups (broad SMARTS) is 1. The minimum Gasteiger partial charge on any atom is -0.480 e. The fourth-order valence-corrected chi connectivity index (χ4v) is 3.91. The molecule has 4 rings (SSSR count). The number of nitrogens with zero attached hydrogens (tertiary/aromatic N) is 3. The molecule has 28 heavy (non-hydrogen) atoms. The zero-order valence-corrected chi connectivity index (χ0v) is 15.9. The smallest absolute Gasteiger partial charge is 0.323 e. The van der Waals surface area contributed by atoms with Gasteiger partial charge in [-0.25, -0.2) is 4.98 Å². The number of aliphatic carboxylic acids is 1. The second-order valence-electron chi connectivity index (χ2n) is 6.05. The summed E-state index contributed by atoms with van der Waals surface area (Å²) in [7, 11) is 0. The van der Waals surface area contributed by atoms with Crippen LogP contribution in [0.15, 0.2) is 48.5 Å². The van der Waals surface area contributed by atoms with Crippen LogP contribution >= 0.6 is 23.1 Å². The van der Waals surface area contributed by atoms with Crippen LogP contribution in [0.25, 0.3) is 33.0 Å². The molecular weight excluding hydrogens is 400 g/mol. The van der Waals surface area contributed by atoms with E-state index in [1.54, 1.807) is 34.9 Å². The van der Waals surface area contributed by atoms with Crippen molar-refractivity contribution in [1.29, 1.82) is 0 Å². The maximum atomic E-state index is 11.5. The van der Waals surface area contributed by atoms with E-state index in [-0.39, 0.29) is 6.54 Å². The Morgan fingerprint density at radius 1 is 1.18 bits per heavy atom. The fourth-order valence-electron chi connectivity index (χ4n) is 2.99. The third kappa shape index (κ3) is 3.23. The van der Waals surface area contributed by atoms with Crippen molar-refractivity contribution in [3.8, 4) is 22.1 Å². The maximum Gasteiger partial charge on any atom is 0.323 e. The average Bonchev–Trinajstić information content (AvgIpc) is 3.26. The van der Waals surface area contributed by atoms with Crippen molar-refractivity contribution in [3.63, 3.8) is 0 Å². The van der Waals surface area contributed by atoms with E-state index in [0.29, 0.717) is 43.6 Å². The number of aromatic nitrogens is 3. The first-order chi connectivity index (χ1) is 13.4. The molecule has 0 saturated heterocycles. The Bertz CT molecular complexity index is 1230. The summed E-state index contributed by atoms with van der Waals surface area (Å²) in [4.78, 5) is 27.4. The van der Waals surface area contributed by atoms with Crippen LogP contribution in [0.5, 0.6) is 0 Å². The first-order valence-corrected chi connectivity index (χ1v) is 9.33. The predicted molar refractivity (Wildman–Crippen MR) is 107 cm³/mol. The van der Waals surface area contributed by atoms with E-state index in [9.17, 15) is 14.7 Å². The molecule has 0 saturated carbocycles. The second kappa shape index (κ2) is 7.06. The Morgan fingerprint density at radius 3 is 2.68 bits per heavy atom. The number of carboxylic acids is 1. The fraction of sp³-hybridized carbons (Fsp3) is 0.0526. The molecule has 0 aliphatic rings. The van der Waals surface area contributed by atoms with Gasteiger partial charge in [-0.2, -0.15) is 4.37 Å². The minimum absolute atomic E-state index is 0.254. The number of benzene rings is 2. The van der Waals surface area contributed by atoms with Gasteiger partial charge in [0.15, 0.2) is 10.8 Å². The lowest BCUT2D eigenvalue weighted by Crippen LogP contribution is -2.11. The number of nitrogens with two attached hydrogens (primary N) is 1. The third-order valence-corrected chi connectivity index (χ3v) is 5.31. The summed E-state index contributed by atoms with van der Waals surface area (Å²) in [5.74, 6) is -1.07. The van der Waals surface area contributed by atoms with Crippen LogP contribution in [-0.2, 0) is 11.3 Å². The van der Waals surface area contributed by atoms with E-state index in [4.69, 9.17) is 17.3 Å². The number of hydrogen-bond acceptors (Lipinski definition) is 5. The molecule has 0 unspecified atom stereocenters. The molecular formula is C19H13ClN4O3S. The quantitative estimate of drug-likeness (QED) is 0.519. The summed E-state index contributed by atoms with van der Waals surface area (Å²) in [5.41, 5.74) is 7.65. The topological polar surface area (TPSA) is 111 Å². The van der Waals surface area contributed by atoms with Crippen molar-refractivity contribution in [2.75, 3.05) is 0 Å². The number of carbonyl (C=O) groups is 2. The maximum absolute atomic E-state index is 11.5. The van der Waals surface area contributed by atoms with Gasteiger partial charge in [0.2, 0.25) is 5.91 Å². The summed E-state index contributed by atoms with van der Waals surface area (Å²) in [6, 6.07) is 13.9. The second-order valence-corrected chi connectivity index (χ2v) is 7.21. The Kier molecular flexibility index (Phi) is 4.58. The molecule has 4 aromatic rings. The number of rotatable bonds is 5. The summed E-state index contributed by atoms with van der Waals surface area (Å²) < 4.78 is 6.00. The van der Waals surface area contributed by atoms with E-state index in [2.05, 4.69) is 9.36 Å². The largest absolute Gasteiger partial charge is 0.480 e. The highest BCUT2D eigenvalue weighted by Crippen LogP contribution is 2.33. The number of carbonyl (C=O) groups excluding carboxylic acids is 1. The van der Waals surface area contributed by atoms with Gasteiger partial charge in [0.1, 0.15) is 6.54 Å². The van der Waals surface area contributed by atoms with Gasteiger partial charge in [-0.1, -0.05) is 23.7 Å². The molecule has 2 heterocycles. The van der Waals surface area contributed by atoms with Gasteiger partial charge < -0.3 is 15.4 Å². The Labute approximate surface area is 168 Å². The first kappa shape index (κ1) is 18.1. The Balaban J connectivity index is 1.87. The van der Waals surface area contributed by atoms with Crippen LogP contribution in [0, 0.1) is 0 Å². The normalized spacial score (nSPS) is 11.0. The van der Waals surface area contributed by atoms with Crippen molar-refractivity contribution in [2.45, 2.75) is 6.54 Å². The zero-order valence-electron chi connectivity index (χ0n) is 14.3. The molecule has 0 fully saturated rings. The molecule has 1 amide bonds. The number of amides is 1. The Hall–Kier alpha value is -3.23. The number of halogens is 1. The van der Waals surface area contributed by atoms with E-state index in [1.807, 2.05) is 18.2 Å². The Morgan fingerprint density at radius 2 is 1.96 bits per heavy atom. The monoisotopic (exact) mass is 412 g/mol. The molecule has 0 atom stereocenters. The molecule has 0 aliphatic carbocycles. The van der Waals surface area contributed by atoms with Gasteiger partial charge in [-0.05, 0) is 47.9 Å². The molecule has 0 aliphatic heterocycles. The lowest BCUT2D eigenvalue weighted by Gasteiger charge is -2.06. The molecule has 9 heteroatoms. The predicted octanol–water partition coefficient (Wildman–Crippen LogP) is 3.66. The van der Waals surface area contributed by atoms with Gasteiger partial charge in [-0.3, -0.25) is 9.59 Å². The van der Waals surface area contributed by atoms with E-state index < -0.39 is 11.9 Å². The van der Waals surface area contributed by atoms with Crippen LogP contribution in [-0.4, -0.2) is 30.9 Å². The molecule has 140 valence electrons. The summed E-state index contributed by atoms with van der Waals surface area (Å²) in [6.45, 7) is -0.254. The molecule has 0 spiro atoms. The molecule has 0 bridgehead atoms. The zero-order chi connectivity index (χ0) is 19.8. The van der Waals surface area contributed by atoms with Crippen LogP contribution < -0.4 is 5.73 Å². The SMILES string of the molecule is NC(=O)c1ccc2c(c1)cc(-c1nc(-c3ccccc3Cl)ns1)n2CC(=O)O. The van der Waals surface area contributed by atoms with E-state index in [1.165, 1.54) is 0 Å². The van der Waals surface area contributed by atoms with Crippen LogP contribution in [0.3, 0.4) is 0 Å². The highest BCUT2D eigenvalue weighted by molar-refractivity contribution is 7.09. The lowest BCUT2D eigenvalue weighted by molar-refractivity contribution is -0.137. The number of hydrogen-bond donors (Lipinski definition) is 2. The third-order valence-electron chi connectivity index (χ3n) is 4.24. The summed E-state index contributed by atoms with van der Waals surface area (Å²) >= 11 is 7.37. The minimum atomic E-state index is -0.992. The molecule has 0 radical (unpaired) electrons. The van der Waals surface area contributed by atoms with Crippen molar-refractivity contribution >= 4 is 45.9 Å². The summed E-state index contributed by atoms with van der Waals surface area (Å²) in [5, 5.41) is 11.1. The molecule has 2 aromatic heterocycles. The van der Waals surface area contributed by atoms with Gasteiger partial charge >= 0.3 is 5.97 Å². The standard InChI is InChI=1S/C19H13ClN4O3S/c20-13-4-2-1-3-12(13)18-22-19(28-23-18)15-8-11-7-10(17(21)27)5-6-14(11)24(15)9-16(25)26/h1-8H,9H2,(H2,21,27)(H,25,26). The highest BCUT2D eigenvalue weighted by atomic mass is 35.5. The van der Waals surface area contributed by atoms with E-state index in [0.717, 1.165) is 11.5 Å². The highest BCUT2D eigenvalue weighted by Gasteiger charge is 2.18. The van der Waals surface area contributed by atoms with Crippen LogP contribution in [0.2, 0.25) is 5.02 Å². The number of fused-ring (bicyclic) bond motifs is 1. The average molecular weight is 413 g/mol. The van der Waals surface area contributed by atoms with Crippen molar-refractivity contribution in [2.24, 2.45) is 5.73 Å². The van der Waals surface area contributed by atoms with Crippen molar-refractivity contribution < 1.29 is 14.7 Å². The first-order valence-electron chi connectivity index (χ1n) is 8.18. The van der Waals surface area contributed by atoms with Gasteiger partial charge in [-0.15, -0.1) is 0 Å². The molecule has 7 nitrogen and oxygen atoms in total. The molecule has 2 aromatic carbocycles. The van der Waals surface area contributed by atoms with Gasteiger partial charge in [0.25, 0.3) is 0 Å². The van der Waals surface area contributed by atoms with Crippen molar-refractivity contribution in [1.82, 2.24) is 13.9 Å². The lowest BCUT2D eigenvalue weighted by atomic mass is 10.1. The summed E-state index contributed by atoms with van der Waals surface area (Å²) in [6.07, 6.45) is 0.